The molecule has 2 unspecified atom stereocenters. The number of aromatic nitrogens is 1. The maximum atomic E-state index is 12.8. The van der Waals surface area contributed by atoms with E-state index >= 15 is 0 Å². The van der Waals surface area contributed by atoms with Crippen LogP contribution in [0.4, 0.5) is 10.8 Å². The number of carbonyl (C=O) groups excluding carboxylic acids is 2. The maximum absolute atomic E-state index is 12.8. The van der Waals surface area contributed by atoms with Crippen LogP contribution in [0, 0.1) is 5.92 Å². The molecule has 0 saturated carbocycles. The molecule has 0 saturated heterocycles. The second-order valence-electron chi connectivity index (χ2n) is 8.24. The van der Waals surface area contributed by atoms with Crippen LogP contribution in [0.5, 0.6) is 5.75 Å². The lowest BCUT2D eigenvalue weighted by Gasteiger charge is -2.31. The lowest BCUT2D eigenvalue weighted by molar-refractivity contribution is -0.143. The summed E-state index contributed by atoms with van der Waals surface area (Å²) in [6, 6.07) is 15.3. The lowest BCUT2D eigenvalue weighted by Crippen LogP contribution is -2.36. The number of anilines is 2. The highest BCUT2D eigenvalue weighted by atomic mass is 32.1. The number of allylic oxidation sites excluding steroid dienone is 1. The van der Waals surface area contributed by atoms with Crippen molar-refractivity contribution in [3.63, 3.8) is 0 Å². The van der Waals surface area contributed by atoms with Crippen LogP contribution in [0.2, 0.25) is 0 Å². The molecule has 4 rings (SSSR count). The first kappa shape index (κ1) is 25.1. The Morgan fingerprint density at radius 1 is 1.00 bits per heavy atom. The van der Waals surface area contributed by atoms with E-state index in [0.717, 1.165) is 28.3 Å². The second kappa shape index (κ2) is 10.7. The predicted octanol–water partition coefficient (Wildman–Crippen LogP) is 5.36. The van der Waals surface area contributed by atoms with Gasteiger partial charge in [0.1, 0.15) is 11.7 Å². The van der Waals surface area contributed by atoms with E-state index in [1.807, 2.05) is 53.9 Å². The molecule has 1 aromatic heterocycles. The zero-order valence-electron chi connectivity index (χ0n) is 20.7. The van der Waals surface area contributed by atoms with Crippen molar-refractivity contribution >= 4 is 39.8 Å². The Balaban J connectivity index is 1.66. The highest BCUT2D eigenvalue weighted by Crippen LogP contribution is 2.41. The summed E-state index contributed by atoms with van der Waals surface area (Å²) in [4.78, 5) is 34.7. The number of nitrogens with one attached hydrogen (secondary N) is 1. The molecule has 0 fully saturated rings. The molecule has 186 valence electrons. The molecule has 2 heterocycles. The molecule has 3 aromatic rings. The molecule has 36 heavy (non-hydrogen) atoms. The summed E-state index contributed by atoms with van der Waals surface area (Å²) in [5.74, 6) is -1.55. The van der Waals surface area contributed by atoms with Crippen LogP contribution in [0.15, 0.2) is 70.2 Å². The molecule has 1 aliphatic rings. The lowest BCUT2D eigenvalue weighted by atomic mass is 9.75. The van der Waals surface area contributed by atoms with E-state index in [9.17, 15) is 9.59 Å². The zero-order chi connectivity index (χ0) is 25.8. The number of nitrogens with zero attached hydrogens (tertiary/aromatic N) is 2. The molecular formula is C27H27N3O5S. The summed E-state index contributed by atoms with van der Waals surface area (Å²) < 4.78 is 15.3. The number of hydrogen-bond acceptors (Lipinski definition) is 9. The molecule has 2 aromatic carbocycles. The largest absolute Gasteiger partial charge is 0.497 e. The van der Waals surface area contributed by atoms with E-state index in [2.05, 4.69) is 10.3 Å². The molecule has 2 atom stereocenters. The minimum absolute atomic E-state index is 0.340. The number of aliphatic imine (C=N–C) groups is 1. The number of thiazole rings is 1. The Morgan fingerprint density at radius 2 is 1.75 bits per heavy atom. The van der Waals surface area contributed by atoms with Gasteiger partial charge in [-0.1, -0.05) is 12.1 Å². The molecular weight excluding hydrogens is 478 g/mol. The van der Waals surface area contributed by atoms with Crippen LogP contribution in [0.25, 0.3) is 11.3 Å². The quantitative estimate of drug-likeness (QED) is 0.432. The number of hydrogen-bond donors (Lipinski definition) is 1. The van der Waals surface area contributed by atoms with Gasteiger partial charge in [0.05, 0.1) is 32.6 Å². The number of esters is 2. The molecule has 0 radical (unpaired) electrons. The smallest absolute Gasteiger partial charge is 0.336 e. The summed E-state index contributed by atoms with van der Waals surface area (Å²) in [5.41, 5.74) is 4.80. The van der Waals surface area contributed by atoms with Crippen molar-refractivity contribution in [2.24, 2.45) is 10.9 Å². The molecule has 0 amide bonds. The van der Waals surface area contributed by atoms with Crippen LogP contribution in [0.3, 0.4) is 0 Å². The van der Waals surface area contributed by atoms with Gasteiger partial charge < -0.3 is 19.5 Å². The van der Waals surface area contributed by atoms with E-state index < -0.39 is 23.8 Å². The number of ether oxygens (including phenoxy) is 3. The SMILES string of the molecule is COC(=O)C1=C(C)N=C(C)C(C(=O)OC)C1c1cccc(Nc2nc(-c3ccc(OC)cc3)cs2)c1. The second-order valence-corrected chi connectivity index (χ2v) is 9.10. The minimum atomic E-state index is -0.746. The van der Waals surface area contributed by atoms with Gasteiger partial charge in [-0.2, -0.15) is 0 Å². The van der Waals surface area contributed by atoms with Gasteiger partial charge in [-0.3, -0.25) is 9.79 Å². The van der Waals surface area contributed by atoms with E-state index in [1.165, 1.54) is 25.6 Å². The summed E-state index contributed by atoms with van der Waals surface area (Å²) in [6.07, 6.45) is 0. The first-order chi connectivity index (χ1) is 17.4. The molecule has 8 nitrogen and oxygen atoms in total. The monoisotopic (exact) mass is 505 g/mol. The van der Waals surface area contributed by atoms with Gasteiger partial charge in [0, 0.05) is 34.0 Å². The fraction of sp³-hybridized carbons (Fsp3) is 0.259. The first-order valence-corrected chi connectivity index (χ1v) is 12.1. The Kier molecular flexibility index (Phi) is 7.49. The Hall–Kier alpha value is -3.98. The Morgan fingerprint density at radius 3 is 2.42 bits per heavy atom. The number of methoxy groups -OCH3 is 3. The number of benzene rings is 2. The molecule has 9 heteroatoms. The van der Waals surface area contributed by atoms with Crippen molar-refractivity contribution in [1.82, 2.24) is 4.98 Å². The van der Waals surface area contributed by atoms with Crippen LogP contribution in [0.1, 0.15) is 25.3 Å². The van der Waals surface area contributed by atoms with Crippen molar-refractivity contribution in [2.45, 2.75) is 19.8 Å². The van der Waals surface area contributed by atoms with Crippen LogP contribution >= 0.6 is 11.3 Å². The summed E-state index contributed by atoms with van der Waals surface area (Å²) in [5, 5.41) is 6.03. The minimum Gasteiger partial charge on any atom is -0.497 e. The zero-order valence-corrected chi connectivity index (χ0v) is 21.5. The average Bonchev–Trinajstić information content (AvgIpc) is 3.36. The molecule has 1 N–H and O–H groups in total. The van der Waals surface area contributed by atoms with Gasteiger partial charge >= 0.3 is 11.9 Å². The topological polar surface area (TPSA) is 99.1 Å². The van der Waals surface area contributed by atoms with Gasteiger partial charge in [0.25, 0.3) is 0 Å². The fourth-order valence-corrected chi connectivity index (χ4v) is 5.10. The van der Waals surface area contributed by atoms with Crippen LogP contribution in [-0.4, -0.2) is 44.0 Å². The van der Waals surface area contributed by atoms with Crippen LogP contribution < -0.4 is 10.1 Å². The third kappa shape index (κ3) is 5.01. The van der Waals surface area contributed by atoms with Crippen molar-refractivity contribution < 1.29 is 23.8 Å². The van der Waals surface area contributed by atoms with Crippen molar-refractivity contribution in [1.29, 1.82) is 0 Å². The molecule has 1 aliphatic heterocycles. The van der Waals surface area contributed by atoms with Crippen molar-refractivity contribution in [3.8, 4) is 17.0 Å². The standard InChI is InChI=1S/C27H27N3O5S/c1-15-22(25(31)34-4)24(23(16(2)28-15)26(32)35-5)18-7-6-8-19(13-18)29-27-30-21(14-36-27)17-9-11-20(33-3)12-10-17/h6-14,22,24H,1-5H3,(H,29,30). The Bertz CT molecular complexity index is 1340. The summed E-state index contributed by atoms with van der Waals surface area (Å²) in [7, 11) is 4.28. The van der Waals surface area contributed by atoms with Gasteiger partial charge in [-0.15, -0.1) is 11.3 Å². The first-order valence-electron chi connectivity index (χ1n) is 11.2. The third-order valence-electron chi connectivity index (χ3n) is 6.08. The highest BCUT2D eigenvalue weighted by molar-refractivity contribution is 7.14. The number of carbonyl (C=O) groups is 2. The van der Waals surface area contributed by atoms with E-state index in [1.54, 1.807) is 21.0 Å². The average molecular weight is 506 g/mol. The highest BCUT2D eigenvalue weighted by Gasteiger charge is 2.42. The van der Waals surface area contributed by atoms with Gasteiger partial charge in [0.15, 0.2) is 5.13 Å². The molecule has 0 bridgehead atoms. The predicted molar refractivity (Wildman–Crippen MR) is 140 cm³/mol. The number of rotatable bonds is 7. The normalized spacial score (nSPS) is 17.3. The fourth-order valence-electron chi connectivity index (χ4n) is 4.36. The molecule has 0 spiro atoms. The van der Waals surface area contributed by atoms with E-state index in [4.69, 9.17) is 19.2 Å². The van der Waals surface area contributed by atoms with Gasteiger partial charge in [-0.25, -0.2) is 9.78 Å². The van der Waals surface area contributed by atoms with E-state index in [0.29, 0.717) is 22.1 Å². The van der Waals surface area contributed by atoms with Gasteiger partial charge in [-0.05, 0) is 55.8 Å². The summed E-state index contributed by atoms with van der Waals surface area (Å²) in [6.45, 7) is 3.51. The third-order valence-corrected chi connectivity index (χ3v) is 6.83. The van der Waals surface area contributed by atoms with Gasteiger partial charge in [0.2, 0.25) is 0 Å². The maximum Gasteiger partial charge on any atom is 0.336 e. The van der Waals surface area contributed by atoms with Crippen molar-refractivity contribution in [3.05, 3.63) is 70.7 Å². The Labute approximate surface area is 213 Å². The van der Waals surface area contributed by atoms with Crippen molar-refractivity contribution in [2.75, 3.05) is 26.6 Å². The van der Waals surface area contributed by atoms with Crippen LogP contribution in [-0.2, 0) is 19.1 Å². The molecule has 0 aliphatic carbocycles. The van der Waals surface area contributed by atoms with E-state index in [-0.39, 0.29) is 0 Å². The summed E-state index contributed by atoms with van der Waals surface area (Å²) >= 11 is 1.48.